The first-order valence-corrected chi connectivity index (χ1v) is 7.97. The van der Waals surface area contributed by atoms with Crippen LogP contribution in [0.4, 0.5) is 0 Å². The molecule has 0 spiro atoms. The Labute approximate surface area is 119 Å². The second kappa shape index (κ2) is 4.73. The summed E-state index contributed by atoms with van der Waals surface area (Å²) in [7, 11) is 0. The van der Waals surface area contributed by atoms with Crippen molar-refractivity contribution in [1.29, 1.82) is 0 Å². The molecule has 1 N–H and O–H groups in total. The zero-order valence-electron chi connectivity index (χ0n) is 11.1. The van der Waals surface area contributed by atoms with Crippen molar-refractivity contribution in [3.63, 3.8) is 0 Å². The number of thioether (sulfide) groups is 1. The minimum atomic E-state index is 0.304. The molecule has 2 heterocycles. The number of piperidine rings is 1. The van der Waals surface area contributed by atoms with Crippen LogP contribution in [0.25, 0.3) is 0 Å². The Morgan fingerprint density at radius 1 is 1.28 bits per heavy atom. The van der Waals surface area contributed by atoms with E-state index in [0.717, 1.165) is 24.5 Å². The van der Waals surface area contributed by atoms with E-state index >= 15 is 0 Å². The molecule has 98 valence electrons. The Kier molecular flexibility index (Phi) is 3.38. The number of hydrogen-bond acceptors (Lipinski definition) is 2. The highest BCUT2D eigenvalue weighted by Crippen LogP contribution is 2.48. The lowest BCUT2D eigenvalue weighted by Gasteiger charge is -2.23. The Hall–Kier alpha value is -0.180. The predicted octanol–water partition coefficient (Wildman–Crippen LogP) is 4.23. The molecule has 1 aromatic rings. The van der Waals surface area contributed by atoms with Gasteiger partial charge in [0, 0.05) is 14.7 Å². The normalized spacial score (nSPS) is 23.1. The van der Waals surface area contributed by atoms with E-state index < -0.39 is 0 Å². The van der Waals surface area contributed by atoms with E-state index in [1.165, 1.54) is 28.9 Å². The molecular formula is C15H20ClNS. The van der Waals surface area contributed by atoms with Crippen LogP contribution in [0.3, 0.4) is 0 Å². The quantitative estimate of drug-likeness (QED) is 0.827. The number of halogens is 1. The summed E-state index contributed by atoms with van der Waals surface area (Å²) in [5, 5.41) is 4.41. The molecule has 0 bridgehead atoms. The van der Waals surface area contributed by atoms with Crippen LogP contribution in [-0.2, 0) is 6.42 Å². The van der Waals surface area contributed by atoms with Gasteiger partial charge in [-0.25, -0.2) is 0 Å². The summed E-state index contributed by atoms with van der Waals surface area (Å²) in [6.07, 6.45) is 3.57. The van der Waals surface area contributed by atoms with Crippen molar-refractivity contribution in [3.8, 4) is 0 Å². The second-order valence-electron chi connectivity index (χ2n) is 6.04. The molecule has 1 aromatic carbocycles. The maximum atomic E-state index is 6.49. The highest BCUT2D eigenvalue weighted by Gasteiger charge is 2.32. The average molecular weight is 282 g/mol. The van der Waals surface area contributed by atoms with E-state index in [-0.39, 0.29) is 0 Å². The van der Waals surface area contributed by atoms with Crippen LogP contribution >= 0.6 is 23.4 Å². The summed E-state index contributed by atoms with van der Waals surface area (Å²) in [6, 6.07) is 4.62. The van der Waals surface area contributed by atoms with Gasteiger partial charge in [0.25, 0.3) is 0 Å². The van der Waals surface area contributed by atoms with Crippen LogP contribution in [0.15, 0.2) is 17.0 Å². The van der Waals surface area contributed by atoms with Gasteiger partial charge < -0.3 is 5.32 Å². The minimum absolute atomic E-state index is 0.304. The van der Waals surface area contributed by atoms with Crippen molar-refractivity contribution in [3.05, 3.63) is 28.3 Å². The number of hydrogen-bond donors (Lipinski definition) is 1. The van der Waals surface area contributed by atoms with Gasteiger partial charge in [-0.3, -0.25) is 0 Å². The summed E-state index contributed by atoms with van der Waals surface area (Å²) in [5.41, 5.74) is 2.81. The Balaban J connectivity index is 1.93. The van der Waals surface area contributed by atoms with Gasteiger partial charge >= 0.3 is 0 Å². The van der Waals surface area contributed by atoms with E-state index in [4.69, 9.17) is 11.6 Å². The Bertz CT molecular complexity index is 464. The maximum absolute atomic E-state index is 6.49. The molecule has 1 fully saturated rings. The van der Waals surface area contributed by atoms with Crippen LogP contribution in [0.5, 0.6) is 0 Å². The van der Waals surface area contributed by atoms with Crippen LogP contribution in [0, 0.1) is 0 Å². The van der Waals surface area contributed by atoms with E-state index in [1.807, 2.05) is 11.8 Å². The van der Waals surface area contributed by atoms with E-state index in [1.54, 1.807) is 0 Å². The lowest BCUT2D eigenvalue weighted by molar-refractivity contribution is 0.460. The molecule has 2 aliphatic rings. The Morgan fingerprint density at radius 2 is 2.00 bits per heavy atom. The van der Waals surface area contributed by atoms with Crippen molar-refractivity contribution in [2.24, 2.45) is 0 Å². The molecule has 18 heavy (non-hydrogen) atoms. The molecule has 0 atom stereocenters. The SMILES string of the molecule is CC1(C)Cc2c(Cl)cc(C3CCNCC3)cc2S1. The molecule has 2 aliphatic heterocycles. The summed E-state index contributed by atoms with van der Waals surface area (Å²) in [5.74, 6) is 0.693. The average Bonchev–Trinajstić information content (AvgIpc) is 2.65. The van der Waals surface area contributed by atoms with Crippen LogP contribution in [0.2, 0.25) is 5.02 Å². The van der Waals surface area contributed by atoms with Gasteiger partial charge in [-0.15, -0.1) is 11.8 Å². The lowest BCUT2D eigenvalue weighted by Crippen LogP contribution is -2.26. The van der Waals surface area contributed by atoms with Gasteiger partial charge in [0.2, 0.25) is 0 Å². The first-order chi connectivity index (χ1) is 8.55. The number of benzene rings is 1. The van der Waals surface area contributed by atoms with Gasteiger partial charge in [-0.1, -0.05) is 25.4 Å². The lowest BCUT2D eigenvalue weighted by atomic mass is 9.89. The molecule has 0 aromatic heterocycles. The molecule has 3 heteroatoms. The topological polar surface area (TPSA) is 12.0 Å². The predicted molar refractivity (Wildman–Crippen MR) is 79.9 cm³/mol. The molecule has 0 unspecified atom stereocenters. The fourth-order valence-electron chi connectivity index (χ4n) is 3.04. The van der Waals surface area contributed by atoms with Crippen molar-refractivity contribution in [2.75, 3.05) is 13.1 Å². The fourth-order valence-corrected chi connectivity index (χ4v) is 4.71. The van der Waals surface area contributed by atoms with E-state index in [9.17, 15) is 0 Å². The smallest absolute Gasteiger partial charge is 0.0452 e. The summed E-state index contributed by atoms with van der Waals surface area (Å²) < 4.78 is 0.304. The van der Waals surface area contributed by atoms with Gasteiger partial charge in [0.1, 0.15) is 0 Å². The molecule has 0 aliphatic carbocycles. The molecule has 1 saturated heterocycles. The standard InChI is InChI=1S/C15H20ClNS/c1-15(2)9-12-13(16)7-11(8-14(12)18-15)10-3-5-17-6-4-10/h7-8,10,17H,3-6,9H2,1-2H3. The zero-order valence-corrected chi connectivity index (χ0v) is 12.6. The summed E-state index contributed by atoms with van der Waals surface area (Å²) >= 11 is 8.48. The fraction of sp³-hybridized carbons (Fsp3) is 0.600. The number of rotatable bonds is 1. The van der Waals surface area contributed by atoms with E-state index in [0.29, 0.717) is 10.7 Å². The zero-order chi connectivity index (χ0) is 12.8. The third kappa shape index (κ3) is 2.43. The van der Waals surface area contributed by atoms with E-state index in [2.05, 4.69) is 31.3 Å². The van der Waals surface area contributed by atoms with Crippen molar-refractivity contribution in [2.45, 2.75) is 48.7 Å². The number of fused-ring (bicyclic) bond motifs is 1. The molecule has 3 rings (SSSR count). The van der Waals surface area contributed by atoms with Crippen molar-refractivity contribution in [1.82, 2.24) is 5.32 Å². The molecule has 0 radical (unpaired) electrons. The molecular weight excluding hydrogens is 262 g/mol. The monoisotopic (exact) mass is 281 g/mol. The minimum Gasteiger partial charge on any atom is -0.317 e. The van der Waals surface area contributed by atoms with Crippen molar-refractivity contribution >= 4 is 23.4 Å². The van der Waals surface area contributed by atoms with Gasteiger partial charge in [0.05, 0.1) is 0 Å². The van der Waals surface area contributed by atoms with Crippen molar-refractivity contribution < 1.29 is 0 Å². The Morgan fingerprint density at radius 3 is 2.72 bits per heavy atom. The highest BCUT2D eigenvalue weighted by atomic mass is 35.5. The summed E-state index contributed by atoms with van der Waals surface area (Å²) in [4.78, 5) is 1.42. The van der Waals surface area contributed by atoms with Gasteiger partial charge in [0.15, 0.2) is 0 Å². The van der Waals surface area contributed by atoms with Crippen LogP contribution in [0.1, 0.15) is 43.7 Å². The molecule has 0 saturated carbocycles. The van der Waals surface area contributed by atoms with Gasteiger partial charge in [-0.05, 0) is 61.5 Å². The van der Waals surface area contributed by atoms with Gasteiger partial charge in [-0.2, -0.15) is 0 Å². The maximum Gasteiger partial charge on any atom is 0.0452 e. The second-order valence-corrected chi connectivity index (χ2v) is 8.20. The first kappa shape index (κ1) is 12.8. The summed E-state index contributed by atoms with van der Waals surface area (Å²) in [6.45, 7) is 6.88. The van der Waals surface area contributed by atoms with Crippen LogP contribution in [-0.4, -0.2) is 17.8 Å². The first-order valence-electron chi connectivity index (χ1n) is 6.77. The molecule has 0 amide bonds. The number of nitrogens with one attached hydrogen (secondary N) is 1. The third-order valence-electron chi connectivity index (χ3n) is 3.98. The molecule has 1 nitrogen and oxygen atoms in total. The largest absolute Gasteiger partial charge is 0.317 e. The third-order valence-corrected chi connectivity index (χ3v) is 5.59. The van der Waals surface area contributed by atoms with Crippen LogP contribution < -0.4 is 5.32 Å². The highest BCUT2D eigenvalue weighted by molar-refractivity contribution is 8.01.